The standard InChI is InChI=1S/C20H27ClN2O3S/c21-16-11-23(10-13-1-3-26-4-2-13)18(27-16)22-17(24)19-6-14-5-15(7-19)9-20(25,8-14)12-19/h11,13-15,25H,1-10,12H2. The summed E-state index contributed by atoms with van der Waals surface area (Å²) in [4.78, 5) is 18.6. The maximum atomic E-state index is 13.3. The molecule has 2 heterocycles. The van der Waals surface area contributed by atoms with Gasteiger partial charge in [-0.2, -0.15) is 4.99 Å². The Kier molecular flexibility index (Phi) is 4.54. The van der Waals surface area contributed by atoms with Crippen molar-refractivity contribution in [3.8, 4) is 0 Å². The van der Waals surface area contributed by atoms with Gasteiger partial charge in [0.2, 0.25) is 0 Å². The van der Waals surface area contributed by atoms with Gasteiger partial charge in [-0.3, -0.25) is 4.79 Å². The molecule has 148 valence electrons. The Hall–Kier alpha value is -0.690. The maximum absolute atomic E-state index is 13.3. The summed E-state index contributed by atoms with van der Waals surface area (Å²) in [6.45, 7) is 2.44. The van der Waals surface area contributed by atoms with E-state index in [4.69, 9.17) is 16.3 Å². The topological polar surface area (TPSA) is 63.8 Å². The first-order valence-corrected chi connectivity index (χ1v) is 11.4. The van der Waals surface area contributed by atoms with Crippen molar-refractivity contribution >= 4 is 28.8 Å². The number of hydrogen-bond donors (Lipinski definition) is 1. The van der Waals surface area contributed by atoms with E-state index in [1.807, 2.05) is 6.20 Å². The van der Waals surface area contributed by atoms with Crippen LogP contribution in [0.3, 0.4) is 0 Å². The van der Waals surface area contributed by atoms with Crippen molar-refractivity contribution in [1.29, 1.82) is 0 Å². The lowest BCUT2D eigenvalue weighted by Gasteiger charge is -2.58. The number of aliphatic hydroxyl groups is 1. The number of amides is 1. The Labute approximate surface area is 168 Å². The van der Waals surface area contributed by atoms with Crippen LogP contribution in [0.4, 0.5) is 0 Å². The SMILES string of the molecule is O=C(N=c1sc(Cl)cn1CC1CCOCC1)C12CC3CC(CC(O)(C3)C1)C2. The van der Waals surface area contributed by atoms with Crippen LogP contribution < -0.4 is 4.80 Å². The minimum Gasteiger partial charge on any atom is -0.390 e. The summed E-state index contributed by atoms with van der Waals surface area (Å²) in [5.41, 5.74) is -1.09. The lowest BCUT2D eigenvalue weighted by atomic mass is 9.47. The van der Waals surface area contributed by atoms with Crippen LogP contribution in [-0.4, -0.2) is 34.4 Å². The highest BCUT2D eigenvalue weighted by molar-refractivity contribution is 7.13. The zero-order valence-electron chi connectivity index (χ0n) is 15.5. The molecule has 2 atom stereocenters. The van der Waals surface area contributed by atoms with Gasteiger partial charge in [0.1, 0.15) is 4.34 Å². The third-order valence-corrected chi connectivity index (χ3v) is 8.31. The highest BCUT2D eigenvalue weighted by Crippen LogP contribution is 2.61. The van der Waals surface area contributed by atoms with Crippen LogP contribution >= 0.6 is 22.9 Å². The van der Waals surface area contributed by atoms with E-state index in [2.05, 4.69) is 9.56 Å². The van der Waals surface area contributed by atoms with Crippen molar-refractivity contribution in [2.24, 2.45) is 28.2 Å². The lowest BCUT2D eigenvalue weighted by molar-refractivity contribution is -0.175. The van der Waals surface area contributed by atoms with Crippen LogP contribution in [0.2, 0.25) is 4.34 Å². The molecule has 5 fully saturated rings. The minimum atomic E-state index is -0.638. The zero-order valence-corrected chi connectivity index (χ0v) is 17.1. The molecular weight excluding hydrogens is 384 g/mol. The van der Waals surface area contributed by atoms with E-state index in [1.54, 1.807) is 0 Å². The molecule has 2 unspecified atom stereocenters. The lowest BCUT2D eigenvalue weighted by Crippen LogP contribution is -2.58. The number of hydrogen-bond acceptors (Lipinski definition) is 4. The van der Waals surface area contributed by atoms with Gasteiger partial charge in [0, 0.05) is 26.0 Å². The summed E-state index contributed by atoms with van der Waals surface area (Å²) in [6, 6.07) is 0. The molecule has 0 aromatic carbocycles. The molecule has 6 rings (SSSR count). The number of carbonyl (C=O) groups is 1. The summed E-state index contributed by atoms with van der Waals surface area (Å²) in [5.74, 6) is 1.47. The fraction of sp³-hybridized carbons (Fsp3) is 0.800. The number of carbonyl (C=O) groups excluding carboxylic acids is 1. The molecule has 0 spiro atoms. The van der Waals surface area contributed by atoms with Gasteiger partial charge in [-0.25, -0.2) is 0 Å². The molecule has 4 bridgehead atoms. The van der Waals surface area contributed by atoms with Gasteiger partial charge in [-0.15, -0.1) is 0 Å². The van der Waals surface area contributed by atoms with Crippen molar-refractivity contribution < 1.29 is 14.6 Å². The van der Waals surface area contributed by atoms with E-state index in [-0.39, 0.29) is 5.91 Å². The van der Waals surface area contributed by atoms with Crippen molar-refractivity contribution in [2.45, 2.75) is 63.5 Å². The predicted molar refractivity (Wildman–Crippen MR) is 103 cm³/mol. The molecule has 4 saturated carbocycles. The fourth-order valence-electron chi connectivity index (χ4n) is 6.44. The predicted octanol–water partition coefficient (Wildman–Crippen LogP) is 3.39. The second-order valence-electron chi connectivity index (χ2n) is 9.41. The van der Waals surface area contributed by atoms with Crippen LogP contribution in [0.15, 0.2) is 11.2 Å². The molecule has 1 aliphatic heterocycles. The Balaban J connectivity index is 1.42. The average molecular weight is 411 g/mol. The molecule has 27 heavy (non-hydrogen) atoms. The molecule has 5 aliphatic rings. The van der Waals surface area contributed by atoms with Gasteiger partial charge in [0.15, 0.2) is 4.80 Å². The van der Waals surface area contributed by atoms with Crippen LogP contribution in [0, 0.1) is 23.2 Å². The van der Waals surface area contributed by atoms with E-state index in [0.29, 0.717) is 33.3 Å². The fourth-order valence-corrected chi connectivity index (χ4v) is 7.50. The summed E-state index contributed by atoms with van der Waals surface area (Å²) in [5, 5.41) is 10.9. The highest BCUT2D eigenvalue weighted by atomic mass is 35.5. The number of halogens is 1. The Morgan fingerprint density at radius 2 is 2.00 bits per heavy atom. The summed E-state index contributed by atoms with van der Waals surface area (Å²) in [6.07, 6.45) is 9.27. The Morgan fingerprint density at radius 3 is 2.67 bits per heavy atom. The monoisotopic (exact) mass is 410 g/mol. The molecule has 5 nitrogen and oxygen atoms in total. The molecule has 1 amide bonds. The average Bonchev–Trinajstić information content (AvgIpc) is 2.92. The van der Waals surface area contributed by atoms with E-state index in [9.17, 15) is 9.90 Å². The molecule has 1 saturated heterocycles. The van der Waals surface area contributed by atoms with E-state index in [1.165, 1.54) is 17.8 Å². The van der Waals surface area contributed by atoms with Crippen LogP contribution in [-0.2, 0) is 16.1 Å². The molecule has 7 heteroatoms. The van der Waals surface area contributed by atoms with Crippen molar-refractivity contribution in [3.05, 3.63) is 15.3 Å². The largest absolute Gasteiger partial charge is 0.390 e. The third-order valence-electron chi connectivity index (χ3n) is 7.17. The molecule has 4 aliphatic carbocycles. The quantitative estimate of drug-likeness (QED) is 0.830. The minimum absolute atomic E-state index is 0.0331. The summed E-state index contributed by atoms with van der Waals surface area (Å²) in [7, 11) is 0. The molecule has 1 N–H and O–H groups in total. The second-order valence-corrected chi connectivity index (χ2v) is 11.0. The van der Waals surface area contributed by atoms with E-state index in [0.717, 1.165) is 58.3 Å². The first-order valence-electron chi connectivity index (χ1n) is 10.2. The number of nitrogens with zero attached hydrogens (tertiary/aromatic N) is 2. The van der Waals surface area contributed by atoms with Gasteiger partial charge >= 0.3 is 0 Å². The van der Waals surface area contributed by atoms with Gasteiger partial charge in [0.25, 0.3) is 5.91 Å². The first-order chi connectivity index (χ1) is 12.9. The van der Waals surface area contributed by atoms with Crippen LogP contribution in [0.5, 0.6) is 0 Å². The smallest absolute Gasteiger partial charge is 0.254 e. The van der Waals surface area contributed by atoms with E-state index >= 15 is 0 Å². The Morgan fingerprint density at radius 1 is 1.30 bits per heavy atom. The van der Waals surface area contributed by atoms with Crippen LogP contribution in [0.1, 0.15) is 51.4 Å². The molecule has 0 radical (unpaired) electrons. The summed E-state index contributed by atoms with van der Waals surface area (Å²) < 4.78 is 8.17. The second kappa shape index (κ2) is 6.68. The molecule has 1 aromatic heterocycles. The molecule has 1 aromatic rings. The van der Waals surface area contributed by atoms with Crippen molar-refractivity contribution in [3.63, 3.8) is 0 Å². The number of rotatable bonds is 3. The van der Waals surface area contributed by atoms with Crippen molar-refractivity contribution in [2.75, 3.05) is 13.2 Å². The summed E-state index contributed by atoms with van der Waals surface area (Å²) >= 11 is 7.65. The third kappa shape index (κ3) is 3.43. The first kappa shape index (κ1) is 18.3. The van der Waals surface area contributed by atoms with Crippen LogP contribution in [0.25, 0.3) is 0 Å². The van der Waals surface area contributed by atoms with Gasteiger partial charge in [-0.05, 0) is 69.1 Å². The van der Waals surface area contributed by atoms with Gasteiger partial charge < -0.3 is 14.4 Å². The number of aromatic nitrogens is 1. The van der Waals surface area contributed by atoms with Crippen molar-refractivity contribution in [1.82, 2.24) is 4.57 Å². The molecular formula is C20H27ClN2O3S. The number of thiazole rings is 1. The number of ether oxygens (including phenoxy) is 1. The Bertz CT molecular complexity index is 796. The zero-order chi connectivity index (χ0) is 18.6. The normalized spacial score (nSPS) is 39.3. The van der Waals surface area contributed by atoms with Gasteiger partial charge in [0.05, 0.1) is 11.0 Å². The van der Waals surface area contributed by atoms with Gasteiger partial charge in [-0.1, -0.05) is 22.9 Å². The van der Waals surface area contributed by atoms with E-state index < -0.39 is 11.0 Å². The maximum Gasteiger partial charge on any atom is 0.254 e. The highest BCUT2D eigenvalue weighted by Gasteiger charge is 2.60.